The maximum absolute atomic E-state index is 12.2. The van der Waals surface area contributed by atoms with Crippen molar-refractivity contribution in [2.75, 3.05) is 6.61 Å². The van der Waals surface area contributed by atoms with Gasteiger partial charge in [-0.05, 0) is 40.5 Å². The normalized spacial score (nSPS) is 30.4. The molecule has 1 N–H and O–H groups in total. The monoisotopic (exact) mass is 272 g/mol. The molecule has 0 amide bonds. The van der Waals surface area contributed by atoms with E-state index in [0.717, 1.165) is 0 Å². The molecule has 2 unspecified atom stereocenters. The smallest absolute Gasteiger partial charge is 0.312 e. The van der Waals surface area contributed by atoms with E-state index in [0.29, 0.717) is 13.0 Å². The molecule has 19 heavy (non-hydrogen) atoms. The fourth-order valence-electron chi connectivity index (χ4n) is 3.41. The van der Waals surface area contributed by atoms with E-state index >= 15 is 0 Å². The van der Waals surface area contributed by atoms with E-state index < -0.39 is 22.7 Å². The van der Waals surface area contributed by atoms with Gasteiger partial charge in [0.15, 0.2) is 0 Å². The topological polar surface area (TPSA) is 55.8 Å². The van der Waals surface area contributed by atoms with Crippen LogP contribution in [0.5, 0.6) is 0 Å². The highest BCUT2D eigenvalue weighted by Crippen LogP contribution is 2.50. The fourth-order valence-corrected chi connectivity index (χ4v) is 3.41. The summed E-state index contributed by atoms with van der Waals surface area (Å²) < 4.78 is 11.1. The molecule has 0 aromatic carbocycles. The minimum Gasteiger partial charge on any atom is -0.466 e. The van der Waals surface area contributed by atoms with Crippen molar-refractivity contribution in [2.45, 2.75) is 71.7 Å². The predicted octanol–water partition coefficient (Wildman–Crippen LogP) is 2.53. The molecule has 1 rings (SSSR count). The zero-order valence-corrected chi connectivity index (χ0v) is 13.2. The highest BCUT2D eigenvalue weighted by molar-refractivity contribution is 5.74. The van der Waals surface area contributed by atoms with Gasteiger partial charge in [0.2, 0.25) is 0 Å². The van der Waals surface area contributed by atoms with Gasteiger partial charge in [-0.25, -0.2) is 0 Å². The molecule has 112 valence electrons. The summed E-state index contributed by atoms with van der Waals surface area (Å²) in [5.41, 5.74) is -2.44. The zero-order valence-electron chi connectivity index (χ0n) is 13.2. The number of carbonyl (C=O) groups is 1. The van der Waals surface area contributed by atoms with Crippen molar-refractivity contribution in [3.8, 4) is 0 Å². The first-order valence-corrected chi connectivity index (χ1v) is 7.06. The van der Waals surface area contributed by atoms with Gasteiger partial charge in [0.25, 0.3) is 0 Å². The van der Waals surface area contributed by atoms with Crippen LogP contribution in [0.4, 0.5) is 0 Å². The summed E-state index contributed by atoms with van der Waals surface area (Å²) in [6.45, 7) is 13.5. The summed E-state index contributed by atoms with van der Waals surface area (Å²) in [5, 5.41) is 11.2. The van der Waals surface area contributed by atoms with E-state index in [-0.39, 0.29) is 11.9 Å². The fraction of sp³-hybridized carbons (Fsp3) is 0.933. The molecule has 1 heterocycles. The van der Waals surface area contributed by atoms with Crippen molar-refractivity contribution >= 4 is 5.97 Å². The van der Waals surface area contributed by atoms with Crippen molar-refractivity contribution in [1.82, 2.24) is 0 Å². The van der Waals surface area contributed by atoms with E-state index in [2.05, 4.69) is 0 Å². The number of rotatable bonds is 4. The van der Waals surface area contributed by atoms with Crippen molar-refractivity contribution in [3.63, 3.8) is 0 Å². The molecule has 1 saturated heterocycles. The zero-order chi connectivity index (χ0) is 15.1. The van der Waals surface area contributed by atoms with Gasteiger partial charge in [-0.3, -0.25) is 4.79 Å². The minimum absolute atomic E-state index is 0.0131. The quantitative estimate of drug-likeness (QED) is 0.799. The van der Waals surface area contributed by atoms with Gasteiger partial charge in [-0.2, -0.15) is 0 Å². The largest absolute Gasteiger partial charge is 0.466 e. The highest BCUT2D eigenvalue weighted by atomic mass is 16.6. The van der Waals surface area contributed by atoms with Gasteiger partial charge in [0.05, 0.1) is 23.7 Å². The number of hydrogen-bond donors (Lipinski definition) is 1. The van der Waals surface area contributed by atoms with Crippen LogP contribution in [-0.2, 0) is 14.3 Å². The summed E-state index contributed by atoms with van der Waals surface area (Å²) in [4.78, 5) is 12.2. The second kappa shape index (κ2) is 5.06. The third kappa shape index (κ3) is 2.95. The minimum atomic E-state index is -1.21. The lowest BCUT2D eigenvalue weighted by Crippen LogP contribution is -2.56. The van der Waals surface area contributed by atoms with Crippen molar-refractivity contribution < 1.29 is 19.4 Å². The summed E-state index contributed by atoms with van der Waals surface area (Å²) in [6, 6.07) is 0. The molecule has 1 fully saturated rings. The van der Waals surface area contributed by atoms with Crippen LogP contribution in [0.2, 0.25) is 0 Å². The van der Waals surface area contributed by atoms with Gasteiger partial charge in [0.1, 0.15) is 5.60 Å². The lowest BCUT2D eigenvalue weighted by Gasteiger charge is -2.41. The molecule has 0 bridgehead atoms. The van der Waals surface area contributed by atoms with E-state index in [1.165, 1.54) is 0 Å². The van der Waals surface area contributed by atoms with Gasteiger partial charge in [-0.15, -0.1) is 0 Å². The Morgan fingerprint density at radius 3 is 2.16 bits per heavy atom. The van der Waals surface area contributed by atoms with Gasteiger partial charge in [0, 0.05) is 6.42 Å². The Bertz CT molecular complexity index is 346. The SMILES string of the molecule is CCOC(=O)C(C(C)C)C1(O)CC(C)(C)OC1(C)C. The second-order valence-corrected chi connectivity index (χ2v) is 6.95. The van der Waals surface area contributed by atoms with Crippen LogP contribution in [0, 0.1) is 11.8 Å². The third-order valence-electron chi connectivity index (χ3n) is 3.99. The highest BCUT2D eigenvalue weighted by Gasteiger charge is 2.62. The van der Waals surface area contributed by atoms with Gasteiger partial charge in [-0.1, -0.05) is 13.8 Å². The molecule has 0 aliphatic carbocycles. The average molecular weight is 272 g/mol. The Morgan fingerprint density at radius 1 is 1.32 bits per heavy atom. The van der Waals surface area contributed by atoms with E-state index in [4.69, 9.17) is 9.47 Å². The van der Waals surface area contributed by atoms with Crippen LogP contribution >= 0.6 is 0 Å². The van der Waals surface area contributed by atoms with Gasteiger partial charge >= 0.3 is 5.97 Å². The summed E-state index contributed by atoms with van der Waals surface area (Å²) in [5.74, 6) is -0.931. The molecule has 2 atom stereocenters. The van der Waals surface area contributed by atoms with Crippen LogP contribution in [0.1, 0.15) is 54.9 Å². The summed E-state index contributed by atoms with van der Waals surface area (Å²) >= 11 is 0. The molecule has 4 nitrogen and oxygen atoms in total. The standard InChI is InChI=1S/C15H28O4/c1-8-18-12(16)11(10(2)3)15(17)9-13(4,5)19-14(15,6)7/h10-11,17H,8-9H2,1-7H3. The maximum Gasteiger partial charge on any atom is 0.312 e. The Kier molecular flexibility index (Phi) is 4.38. The first-order valence-electron chi connectivity index (χ1n) is 7.06. The second-order valence-electron chi connectivity index (χ2n) is 6.95. The van der Waals surface area contributed by atoms with Crippen LogP contribution in [0.3, 0.4) is 0 Å². The van der Waals surface area contributed by atoms with E-state index in [1.54, 1.807) is 6.92 Å². The molecule has 0 spiro atoms. The molecule has 0 saturated carbocycles. The van der Waals surface area contributed by atoms with E-state index in [9.17, 15) is 9.90 Å². The maximum atomic E-state index is 12.2. The number of hydrogen-bond acceptors (Lipinski definition) is 4. The van der Waals surface area contributed by atoms with Crippen LogP contribution < -0.4 is 0 Å². The molecule has 1 aliphatic rings. The van der Waals surface area contributed by atoms with E-state index in [1.807, 2.05) is 41.5 Å². The van der Waals surface area contributed by atoms with Crippen LogP contribution in [0.15, 0.2) is 0 Å². The predicted molar refractivity (Wildman–Crippen MR) is 73.8 cm³/mol. The molecule has 0 radical (unpaired) electrons. The van der Waals surface area contributed by atoms with Crippen LogP contribution in [-0.4, -0.2) is 34.5 Å². The summed E-state index contributed by atoms with van der Waals surface area (Å²) in [7, 11) is 0. The average Bonchev–Trinajstić information content (AvgIpc) is 2.29. The molecule has 1 aliphatic heterocycles. The first kappa shape index (κ1) is 16.4. The Labute approximate surface area is 116 Å². The lowest BCUT2D eigenvalue weighted by atomic mass is 9.69. The lowest BCUT2D eigenvalue weighted by molar-refractivity contribution is -0.182. The number of ether oxygens (including phenoxy) is 2. The molecule has 0 aromatic heterocycles. The summed E-state index contributed by atoms with van der Waals surface area (Å²) in [6.07, 6.45) is 0.425. The van der Waals surface area contributed by atoms with Crippen molar-refractivity contribution in [1.29, 1.82) is 0 Å². The third-order valence-corrected chi connectivity index (χ3v) is 3.99. The molecular weight excluding hydrogens is 244 g/mol. The number of aliphatic hydroxyl groups is 1. The Morgan fingerprint density at radius 2 is 1.84 bits per heavy atom. The van der Waals surface area contributed by atoms with Crippen molar-refractivity contribution in [3.05, 3.63) is 0 Å². The molecular formula is C15H28O4. The number of esters is 1. The van der Waals surface area contributed by atoms with Crippen LogP contribution in [0.25, 0.3) is 0 Å². The number of carbonyl (C=O) groups excluding carboxylic acids is 1. The van der Waals surface area contributed by atoms with Crippen molar-refractivity contribution in [2.24, 2.45) is 11.8 Å². The Hall–Kier alpha value is -0.610. The Balaban J connectivity index is 3.17. The molecule has 0 aromatic rings. The first-order chi connectivity index (χ1) is 8.47. The van der Waals surface area contributed by atoms with Gasteiger partial charge < -0.3 is 14.6 Å². The molecule has 4 heteroatoms.